The molecule has 0 saturated heterocycles. The van der Waals surface area contributed by atoms with Crippen molar-refractivity contribution in [3.05, 3.63) is 84.9 Å². The Kier molecular flexibility index (Phi) is 14.3. The summed E-state index contributed by atoms with van der Waals surface area (Å²) in [5, 5.41) is 4.51. The van der Waals surface area contributed by atoms with Gasteiger partial charge in [-0.15, -0.1) is 0 Å². The van der Waals surface area contributed by atoms with Gasteiger partial charge in [-0.3, -0.25) is 0 Å². The van der Waals surface area contributed by atoms with Crippen LogP contribution in [0.3, 0.4) is 0 Å². The van der Waals surface area contributed by atoms with Crippen LogP contribution in [0.25, 0.3) is 0 Å². The number of hydrogen-bond donors (Lipinski definition) is 0. The SMILES string of the molecule is CCCCO[Si](OCCCC)(c1ccccc1)c1ccccc1[Si](OCCCC)(OCCCC)c1ccccc1. The Bertz CT molecular complexity index is 971. The monoisotopic (exact) mass is 578 g/mol. The quantitative estimate of drug-likeness (QED) is 0.121. The first-order valence-electron chi connectivity index (χ1n) is 15.4. The second kappa shape index (κ2) is 17.7. The van der Waals surface area contributed by atoms with Crippen molar-refractivity contribution in [1.82, 2.24) is 0 Å². The molecular weight excluding hydrogens is 529 g/mol. The summed E-state index contributed by atoms with van der Waals surface area (Å²) in [6.45, 7) is 11.5. The molecular formula is C34H50O4Si2. The predicted molar refractivity (Wildman–Crippen MR) is 173 cm³/mol. The van der Waals surface area contributed by atoms with Crippen LogP contribution in [0, 0.1) is 0 Å². The molecule has 0 aromatic heterocycles. The second-order valence-electron chi connectivity index (χ2n) is 10.3. The van der Waals surface area contributed by atoms with E-state index >= 15 is 0 Å². The number of benzene rings is 3. The topological polar surface area (TPSA) is 36.9 Å². The largest absolute Gasteiger partial charge is 0.407 e. The minimum absolute atomic E-state index is 0.658. The molecule has 0 aliphatic rings. The van der Waals surface area contributed by atoms with E-state index in [4.69, 9.17) is 17.7 Å². The summed E-state index contributed by atoms with van der Waals surface area (Å²) in [6, 6.07) is 30.0. The molecule has 0 spiro atoms. The van der Waals surface area contributed by atoms with Gasteiger partial charge in [0.15, 0.2) is 0 Å². The van der Waals surface area contributed by atoms with Gasteiger partial charge in [0.1, 0.15) is 0 Å². The fourth-order valence-electron chi connectivity index (χ4n) is 4.85. The van der Waals surface area contributed by atoms with E-state index in [1.165, 1.54) is 0 Å². The Balaban J connectivity index is 2.31. The zero-order chi connectivity index (χ0) is 28.5. The Hall–Kier alpha value is -2.07. The Morgan fingerprint density at radius 2 is 0.675 bits per heavy atom. The van der Waals surface area contributed by atoms with Crippen LogP contribution in [0.2, 0.25) is 0 Å². The lowest BCUT2D eigenvalue weighted by molar-refractivity contribution is 0.183. The highest BCUT2D eigenvalue weighted by atomic mass is 28.4. The molecule has 40 heavy (non-hydrogen) atoms. The standard InChI is InChI=1S/C34H50O4Si2/c1-5-9-27-35-39(36-28-10-6-2,31-21-15-13-16-22-31)33-25-19-20-26-34(33)40(37-29-11-7-3,38-30-12-8-4)32-23-17-14-18-24-32/h13-26H,5-12,27-30H2,1-4H3. The van der Waals surface area contributed by atoms with Gasteiger partial charge in [0.25, 0.3) is 0 Å². The van der Waals surface area contributed by atoms with E-state index in [0.717, 1.165) is 72.1 Å². The Labute approximate surface area is 245 Å². The summed E-state index contributed by atoms with van der Waals surface area (Å²) in [5.74, 6) is 0. The lowest BCUT2D eigenvalue weighted by Crippen LogP contribution is -2.75. The first-order valence-corrected chi connectivity index (χ1v) is 19.1. The molecule has 0 unspecified atom stereocenters. The van der Waals surface area contributed by atoms with Gasteiger partial charge in [0, 0.05) is 36.8 Å². The van der Waals surface area contributed by atoms with E-state index in [1.54, 1.807) is 0 Å². The molecule has 0 fully saturated rings. The number of unbranched alkanes of at least 4 members (excludes halogenated alkanes) is 4. The lowest BCUT2D eigenvalue weighted by atomic mass is 10.3. The molecule has 0 radical (unpaired) electrons. The minimum Gasteiger partial charge on any atom is -0.388 e. The third-order valence-electron chi connectivity index (χ3n) is 7.16. The molecule has 0 amide bonds. The summed E-state index contributed by atoms with van der Waals surface area (Å²) in [4.78, 5) is 0. The lowest BCUT2D eigenvalue weighted by Gasteiger charge is -2.38. The normalized spacial score (nSPS) is 12.1. The molecule has 6 heteroatoms. The van der Waals surface area contributed by atoms with Crippen LogP contribution < -0.4 is 20.7 Å². The van der Waals surface area contributed by atoms with Gasteiger partial charge < -0.3 is 17.7 Å². The van der Waals surface area contributed by atoms with Crippen LogP contribution in [0.5, 0.6) is 0 Å². The summed E-state index contributed by atoms with van der Waals surface area (Å²) in [7, 11) is -6.26. The average Bonchev–Trinajstić information content (AvgIpc) is 3.01. The van der Waals surface area contributed by atoms with Gasteiger partial charge in [0.05, 0.1) is 0 Å². The predicted octanol–water partition coefficient (Wildman–Crippen LogP) is 6.07. The Morgan fingerprint density at radius 3 is 0.950 bits per heavy atom. The van der Waals surface area contributed by atoms with Crippen LogP contribution in [-0.4, -0.2) is 43.5 Å². The van der Waals surface area contributed by atoms with Gasteiger partial charge in [-0.1, -0.05) is 138 Å². The molecule has 3 aromatic carbocycles. The molecule has 0 bridgehead atoms. The maximum Gasteiger partial charge on any atom is 0.407 e. The summed E-state index contributed by atoms with van der Waals surface area (Å²) < 4.78 is 28.2. The first kappa shape index (κ1) is 32.4. The van der Waals surface area contributed by atoms with E-state index < -0.39 is 17.1 Å². The highest BCUT2D eigenvalue weighted by Gasteiger charge is 2.52. The zero-order valence-electron chi connectivity index (χ0n) is 25.2. The van der Waals surface area contributed by atoms with E-state index in [0.29, 0.717) is 26.4 Å². The van der Waals surface area contributed by atoms with Crippen molar-refractivity contribution < 1.29 is 17.7 Å². The number of rotatable bonds is 20. The van der Waals surface area contributed by atoms with Crippen molar-refractivity contribution in [3.63, 3.8) is 0 Å². The van der Waals surface area contributed by atoms with Gasteiger partial charge in [-0.05, 0) is 36.1 Å². The molecule has 0 saturated carbocycles. The first-order chi connectivity index (χ1) is 19.7. The van der Waals surface area contributed by atoms with Gasteiger partial charge in [0.2, 0.25) is 0 Å². The molecule has 3 aromatic rings. The fourth-order valence-corrected chi connectivity index (χ4v) is 12.4. The minimum atomic E-state index is -3.13. The van der Waals surface area contributed by atoms with Crippen molar-refractivity contribution in [3.8, 4) is 0 Å². The van der Waals surface area contributed by atoms with Crippen molar-refractivity contribution in [1.29, 1.82) is 0 Å². The highest BCUT2D eigenvalue weighted by Crippen LogP contribution is 2.17. The van der Waals surface area contributed by atoms with Crippen molar-refractivity contribution in [2.75, 3.05) is 26.4 Å². The molecule has 218 valence electrons. The maximum absolute atomic E-state index is 7.04. The third-order valence-corrected chi connectivity index (χ3v) is 14.3. The summed E-state index contributed by atoms with van der Waals surface area (Å²) in [5.41, 5.74) is 0. The highest BCUT2D eigenvalue weighted by molar-refractivity contribution is 7.01. The maximum atomic E-state index is 7.04. The summed E-state index contributed by atoms with van der Waals surface area (Å²) >= 11 is 0. The third kappa shape index (κ3) is 8.24. The van der Waals surface area contributed by atoms with Crippen LogP contribution >= 0.6 is 0 Å². The molecule has 0 N–H and O–H groups in total. The van der Waals surface area contributed by atoms with Gasteiger partial charge >= 0.3 is 17.1 Å². The van der Waals surface area contributed by atoms with Gasteiger partial charge in [-0.25, -0.2) is 0 Å². The molecule has 0 atom stereocenters. The molecule has 0 heterocycles. The summed E-state index contributed by atoms with van der Waals surface area (Å²) in [6.07, 6.45) is 8.23. The fraction of sp³-hybridized carbons (Fsp3) is 0.471. The van der Waals surface area contributed by atoms with Crippen LogP contribution in [0.15, 0.2) is 84.9 Å². The van der Waals surface area contributed by atoms with Crippen LogP contribution in [-0.2, 0) is 17.7 Å². The van der Waals surface area contributed by atoms with E-state index in [-0.39, 0.29) is 0 Å². The van der Waals surface area contributed by atoms with Crippen molar-refractivity contribution in [2.45, 2.75) is 79.1 Å². The van der Waals surface area contributed by atoms with Crippen molar-refractivity contribution in [2.24, 2.45) is 0 Å². The van der Waals surface area contributed by atoms with E-state index in [1.807, 2.05) is 0 Å². The smallest absolute Gasteiger partial charge is 0.388 e. The van der Waals surface area contributed by atoms with Crippen LogP contribution in [0.4, 0.5) is 0 Å². The average molecular weight is 579 g/mol. The van der Waals surface area contributed by atoms with E-state index in [9.17, 15) is 0 Å². The van der Waals surface area contributed by atoms with Crippen LogP contribution in [0.1, 0.15) is 79.1 Å². The zero-order valence-corrected chi connectivity index (χ0v) is 27.2. The second-order valence-corrected chi connectivity index (χ2v) is 16.2. The molecule has 4 nitrogen and oxygen atoms in total. The van der Waals surface area contributed by atoms with Gasteiger partial charge in [-0.2, -0.15) is 0 Å². The number of hydrogen-bond acceptors (Lipinski definition) is 4. The molecule has 0 aliphatic heterocycles. The Morgan fingerprint density at radius 1 is 0.400 bits per heavy atom. The van der Waals surface area contributed by atoms with E-state index in [2.05, 4.69) is 113 Å². The molecule has 0 aliphatic carbocycles. The molecule has 3 rings (SSSR count). The van der Waals surface area contributed by atoms with Crippen molar-refractivity contribution >= 4 is 37.9 Å².